The number of hydrogen-bond donors (Lipinski definition) is 2. The van der Waals surface area contributed by atoms with E-state index < -0.39 is 23.1 Å². The molecular formula is C25H26F4N6O. The van der Waals surface area contributed by atoms with Gasteiger partial charge in [-0.25, -0.2) is 14.2 Å². The molecule has 2 aliphatic heterocycles. The fourth-order valence-electron chi connectivity index (χ4n) is 5.19. The Morgan fingerprint density at radius 1 is 1.11 bits per heavy atom. The molecule has 0 aliphatic carbocycles. The first-order valence-electron chi connectivity index (χ1n) is 11.6. The number of benzene rings is 1. The molecule has 0 saturated carbocycles. The zero-order valence-corrected chi connectivity index (χ0v) is 19.9. The van der Waals surface area contributed by atoms with Crippen LogP contribution >= 0.6 is 0 Å². The third kappa shape index (κ3) is 4.16. The fourth-order valence-corrected chi connectivity index (χ4v) is 5.19. The van der Waals surface area contributed by atoms with Crippen LogP contribution in [0.1, 0.15) is 43.5 Å². The van der Waals surface area contributed by atoms with Crippen LogP contribution < -0.4 is 11.1 Å². The van der Waals surface area contributed by atoms with E-state index in [1.54, 1.807) is 23.1 Å². The minimum absolute atomic E-state index is 0.225. The summed E-state index contributed by atoms with van der Waals surface area (Å²) in [6.45, 7) is 5.33. The lowest BCUT2D eigenvalue weighted by atomic mass is 9.82. The zero-order chi connectivity index (χ0) is 25.9. The number of halogens is 4. The highest BCUT2D eigenvalue weighted by Gasteiger charge is 2.47. The summed E-state index contributed by atoms with van der Waals surface area (Å²) in [7, 11) is 0. The highest BCUT2D eigenvalue weighted by Crippen LogP contribution is 2.44. The molecular weight excluding hydrogens is 476 g/mol. The largest absolute Gasteiger partial charge is 0.419 e. The van der Waals surface area contributed by atoms with E-state index in [0.29, 0.717) is 25.3 Å². The van der Waals surface area contributed by atoms with Gasteiger partial charge in [0.15, 0.2) is 0 Å². The molecule has 1 aromatic carbocycles. The average Bonchev–Trinajstić information content (AvgIpc) is 3.50. The van der Waals surface area contributed by atoms with Crippen LogP contribution in [0.5, 0.6) is 0 Å². The molecule has 0 unspecified atom stereocenters. The number of alkyl halides is 3. The normalized spacial score (nSPS) is 19.7. The molecule has 1 saturated heterocycles. The lowest BCUT2D eigenvalue weighted by Crippen LogP contribution is -2.48. The number of fused-ring (bicyclic) bond motifs is 2. The first-order chi connectivity index (χ1) is 16.9. The summed E-state index contributed by atoms with van der Waals surface area (Å²) in [5.41, 5.74) is 5.73. The maximum absolute atomic E-state index is 13.3. The van der Waals surface area contributed by atoms with Crippen LogP contribution in [0.2, 0.25) is 0 Å². The van der Waals surface area contributed by atoms with Gasteiger partial charge in [-0.05, 0) is 56.5 Å². The molecule has 0 radical (unpaired) electrons. The molecule has 36 heavy (non-hydrogen) atoms. The number of rotatable bonds is 3. The first kappa shape index (κ1) is 24.1. The van der Waals surface area contributed by atoms with Crippen molar-refractivity contribution in [2.45, 2.75) is 50.4 Å². The Balaban J connectivity index is 1.35. The highest BCUT2D eigenvalue weighted by atomic mass is 19.4. The van der Waals surface area contributed by atoms with E-state index >= 15 is 0 Å². The molecule has 0 bridgehead atoms. The zero-order valence-electron chi connectivity index (χ0n) is 19.9. The second-order valence-electron chi connectivity index (χ2n) is 10.1. The maximum atomic E-state index is 13.3. The summed E-state index contributed by atoms with van der Waals surface area (Å²) in [5, 5.41) is 7.56. The number of nitrogens with two attached hydrogens (primary N) is 1. The van der Waals surface area contributed by atoms with Crippen molar-refractivity contribution in [2.75, 3.05) is 18.8 Å². The number of urea groups is 1. The van der Waals surface area contributed by atoms with E-state index in [0.717, 1.165) is 30.2 Å². The Morgan fingerprint density at radius 2 is 1.81 bits per heavy atom. The second kappa shape index (κ2) is 8.21. The van der Waals surface area contributed by atoms with Gasteiger partial charge >= 0.3 is 12.2 Å². The van der Waals surface area contributed by atoms with Crippen molar-refractivity contribution in [3.8, 4) is 11.3 Å². The van der Waals surface area contributed by atoms with Crippen LogP contribution in [0.3, 0.4) is 0 Å². The van der Waals surface area contributed by atoms with Crippen molar-refractivity contribution in [3.05, 3.63) is 65.2 Å². The van der Waals surface area contributed by atoms with Crippen LogP contribution in [0.4, 0.5) is 28.2 Å². The Morgan fingerprint density at radius 3 is 2.50 bits per heavy atom. The van der Waals surface area contributed by atoms with Crippen molar-refractivity contribution in [1.29, 1.82) is 0 Å². The lowest BCUT2D eigenvalue weighted by Gasteiger charge is -2.30. The number of likely N-dealkylation sites (tertiary alicyclic amines) is 1. The number of pyridine rings is 1. The maximum Gasteiger partial charge on any atom is 0.419 e. The molecule has 3 N–H and O–H groups in total. The summed E-state index contributed by atoms with van der Waals surface area (Å²) in [5.74, 6) is -0.917. The molecule has 1 spiro atoms. The summed E-state index contributed by atoms with van der Waals surface area (Å²) in [6.07, 6.45) is -1.82. The molecule has 5 rings (SSSR count). The molecule has 1 atom stereocenters. The van der Waals surface area contributed by atoms with E-state index in [1.807, 2.05) is 18.5 Å². The topological polar surface area (TPSA) is 89.1 Å². The molecule has 2 aromatic heterocycles. The third-order valence-corrected chi connectivity index (χ3v) is 7.27. The molecule has 1 fully saturated rings. The standard InChI is InChI=1S/C25H26F4N6O/c1-23(2,16-3-5-17(26)6-4-16)32-22(36)34-9-7-24(14-34)8-10-35-20(24)12-19(33-35)15-11-18(25(27,28)29)21(30)31-13-15/h3-6,11-13H,7-10,14H2,1-2H3,(H2,30,31)(H,32,36)/t24-/m1/s1. The van der Waals surface area contributed by atoms with Crippen LogP contribution in [-0.2, 0) is 23.7 Å². The van der Waals surface area contributed by atoms with E-state index in [1.165, 1.54) is 18.3 Å². The van der Waals surface area contributed by atoms with Gasteiger partial charge in [0.2, 0.25) is 0 Å². The number of carbonyl (C=O) groups is 1. The number of nitrogen functional groups attached to an aromatic ring is 1. The summed E-state index contributed by atoms with van der Waals surface area (Å²) in [6, 6.07) is 8.56. The van der Waals surface area contributed by atoms with Gasteiger partial charge in [-0.1, -0.05) is 12.1 Å². The van der Waals surface area contributed by atoms with E-state index in [2.05, 4.69) is 15.4 Å². The van der Waals surface area contributed by atoms with Gasteiger partial charge in [-0.2, -0.15) is 18.3 Å². The second-order valence-corrected chi connectivity index (χ2v) is 10.1. The van der Waals surface area contributed by atoms with Crippen molar-refractivity contribution in [2.24, 2.45) is 0 Å². The van der Waals surface area contributed by atoms with Crippen molar-refractivity contribution < 1.29 is 22.4 Å². The molecule has 11 heteroatoms. The van der Waals surface area contributed by atoms with Gasteiger partial charge in [-0.3, -0.25) is 4.68 Å². The minimum atomic E-state index is -4.61. The number of amides is 2. The Hall–Kier alpha value is -3.63. The van der Waals surface area contributed by atoms with Gasteiger partial charge in [-0.15, -0.1) is 0 Å². The molecule has 3 aromatic rings. The number of nitrogens with zero attached hydrogens (tertiary/aromatic N) is 4. The van der Waals surface area contributed by atoms with Crippen molar-refractivity contribution in [1.82, 2.24) is 25.0 Å². The van der Waals surface area contributed by atoms with Crippen LogP contribution in [-0.4, -0.2) is 38.8 Å². The number of aromatic nitrogens is 3. The average molecular weight is 503 g/mol. The first-order valence-corrected chi connectivity index (χ1v) is 11.6. The third-order valence-electron chi connectivity index (χ3n) is 7.27. The molecule has 190 valence electrons. The van der Waals surface area contributed by atoms with Gasteiger partial charge in [0.1, 0.15) is 11.6 Å². The fraction of sp³-hybridized carbons (Fsp3) is 0.400. The SMILES string of the molecule is CC(C)(NC(=O)N1CC[C@@]2(CCn3nc(-c4cnc(N)c(C(F)(F)F)c4)cc32)C1)c1ccc(F)cc1. The number of anilines is 1. The lowest BCUT2D eigenvalue weighted by molar-refractivity contribution is -0.137. The van der Waals surface area contributed by atoms with E-state index in [4.69, 9.17) is 5.73 Å². The Bertz CT molecular complexity index is 1320. The Labute approximate surface area is 205 Å². The Kier molecular flexibility index (Phi) is 5.49. The van der Waals surface area contributed by atoms with Crippen molar-refractivity contribution in [3.63, 3.8) is 0 Å². The monoisotopic (exact) mass is 502 g/mol. The van der Waals surface area contributed by atoms with Crippen LogP contribution in [0.25, 0.3) is 11.3 Å². The smallest absolute Gasteiger partial charge is 0.383 e. The summed E-state index contributed by atoms with van der Waals surface area (Å²) in [4.78, 5) is 18.6. The molecule has 2 amide bonds. The predicted molar refractivity (Wildman–Crippen MR) is 125 cm³/mol. The van der Waals surface area contributed by atoms with Crippen LogP contribution in [0, 0.1) is 5.82 Å². The summed E-state index contributed by atoms with van der Waals surface area (Å²) < 4.78 is 55.0. The number of carbonyl (C=O) groups excluding carboxylic acids is 1. The van der Waals surface area contributed by atoms with Gasteiger partial charge < -0.3 is 16.0 Å². The summed E-state index contributed by atoms with van der Waals surface area (Å²) >= 11 is 0. The molecule has 2 aliphatic rings. The van der Waals surface area contributed by atoms with E-state index in [-0.39, 0.29) is 22.8 Å². The molecule has 4 heterocycles. The number of hydrogen-bond acceptors (Lipinski definition) is 4. The quantitative estimate of drug-likeness (QED) is 0.509. The minimum Gasteiger partial charge on any atom is -0.383 e. The predicted octanol–water partition coefficient (Wildman–Crippen LogP) is 4.68. The number of aryl methyl sites for hydroxylation is 1. The van der Waals surface area contributed by atoms with Gasteiger partial charge in [0.25, 0.3) is 0 Å². The highest BCUT2D eigenvalue weighted by molar-refractivity contribution is 5.76. The number of nitrogens with one attached hydrogen (secondary N) is 1. The molecule has 7 nitrogen and oxygen atoms in total. The van der Waals surface area contributed by atoms with Crippen LogP contribution in [0.15, 0.2) is 42.6 Å². The van der Waals surface area contributed by atoms with E-state index in [9.17, 15) is 22.4 Å². The van der Waals surface area contributed by atoms with Crippen molar-refractivity contribution >= 4 is 11.8 Å². The van der Waals surface area contributed by atoms with Gasteiger partial charge in [0.05, 0.1) is 16.8 Å². The van der Waals surface area contributed by atoms with Gasteiger partial charge in [0, 0.05) is 42.5 Å².